The zero-order chi connectivity index (χ0) is 16.2. The minimum Gasteiger partial charge on any atom is -0.339 e. The fourth-order valence-electron chi connectivity index (χ4n) is 3.99. The normalized spacial score (nSPS) is 25.4. The molecule has 0 unspecified atom stereocenters. The van der Waals surface area contributed by atoms with E-state index in [2.05, 4.69) is 27.0 Å². The van der Waals surface area contributed by atoms with Crippen LogP contribution in [0.4, 0.5) is 0 Å². The van der Waals surface area contributed by atoms with E-state index in [1.165, 1.54) is 19.4 Å². The summed E-state index contributed by atoms with van der Waals surface area (Å²) in [5.41, 5.74) is 0. The summed E-state index contributed by atoms with van der Waals surface area (Å²) in [5.74, 6) is 1.70. The zero-order valence-electron chi connectivity index (χ0n) is 14.3. The first kappa shape index (κ1) is 16.4. The van der Waals surface area contributed by atoms with Crippen molar-refractivity contribution in [2.45, 2.75) is 70.4 Å². The predicted molar refractivity (Wildman–Crippen MR) is 87.0 cm³/mol. The minimum atomic E-state index is 0.294. The number of hydrogen-bond donors (Lipinski definition) is 0. The van der Waals surface area contributed by atoms with Crippen LogP contribution < -0.4 is 0 Å². The molecule has 6 heteroatoms. The van der Waals surface area contributed by atoms with E-state index in [1.54, 1.807) is 0 Å². The molecule has 2 aliphatic rings. The van der Waals surface area contributed by atoms with Gasteiger partial charge in [0.15, 0.2) is 5.82 Å². The van der Waals surface area contributed by atoms with Gasteiger partial charge in [-0.15, -0.1) is 0 Å². The number of rotatable bonds is 6. The van der Waals surface area contributed by atoms with Crippen LogP contribution in [0.2, 0.25) is 0 Å². The summed E-state index contributed by atoms with van der Waals surface area (Å²) >= 11 is 0. The summed E-state index contributed by atoms with van der Waals surface area (Å²) < 4.78 is 5.19. The van der Waals surface area contributed by atoms with Crippen molar-refractivity contribution >= 4 is 5.91 Å². The van der Waals surface area contributed by atoms with Crippen molar-refractivity contribution in [1.29, 1.82) is 0 Å². The van der Waals surface area contributed by atoms with Crippen LogP contribution in [0.3, 0.4) is 0 Å². The number of hydrogen-bond acceptors (Lipinski definition) is 5. The molecule has 3 heterocycles. The molecule has 23 heavy (non-hydrogen) atoms. The van der Waals surface area contributed by atoms with E-state index in [0.29, 0.717) is 36.7 Å². The Morgan fingerprint density at radius 1 is 1.26 bits per heavy atom. The molecule has 1 aromatic heterocycles. The van der Waals surface area contributed by atoms with Crippen molar-refractivity contribution in [1.82, 2.24) is 19.9 Å². The fraction of sp³-hybridized carbons (Fsp3) is 0.824. The van der Waals surface area contributed by atoms with Crippen LogP contribution in [-0.2, 0) is 17.6 Å². The number of aromatic nitrogens is 2. The first-order chi connectivity index (χ1) is 11.2. The molecule has 2 saturated heterocycles. The average Bonchev–Trinajstić information content (AvgIpc) is 3.26. The number of aryl methyl sites for hydroxylation is 2. The maximum absolute atomic E-state index is 12.6. The lowest BCUT2D eigenvalue weighted by Crippen LogP contribution is -2.47. The summed E-state index contributed by atoms with van der Waals surface area (Å²) in [6.07, 6.45) is 7.63. The van der Waals surface area contributed by atoms with Crippen molar-refractivity contribution in [3.05, 3.63) is 11.7 Å². The van der Waals surface area contributed by atoms with Crippen LogP contribution in [0, 0.1) is 0 Å². The first-order valence-electron chi connectivity index (χ1n) is 9.00. The Bertz CT molecular complexity index is 530. The van der Waals surface area contributed by atoms with Gasteiger partial charge in [-0.1, -0.05) is 12.1 Å². The molecule has 0 N–H and O–H groups in total. The molecule has 2 atom stereocenters. The van der Waals surface area contributed by atoms with E-state index in [1.807, 2.05) is 6.92 Å². The van der Waals surface area contributed by atoms with E-state index in [9.17, 15) is 4.79 Å². The predicted octanol–water partition coefficient (Wildman–Crippen LogP) is 2.04. The topological polar surface area (TPSA) is 62.5 Å². The lowest BCUT2D eigenvalue weighted by atomic mass is 10.0. The third-order valence-corrected chi connectivity index (χ3v) is 5.25. The second-order valence-corrected chi connectivity index (χ2v) is 6.80. The third kappa shape index (κ3) is 3.74. The Balaban J connectivity index is 1.49. The quantitative estimate of drug-likeness (QED) is 0.802. The average molecular weight is 320 g/mol. The highest BCUT2D eigenvalue weighted by molar-refractivity contribution is 5.76. The number of amides is 1. The Labute approximate surface area is 138 Å². The number of likely N-dealkylation sites (tertiary alicyclic amines) is 2. The number of carbonyl (C=O) groups excluding carboxylic acids is 1. The van der Waals surface area contributed by atoms with Crippen LogP contribution >= 0.6 is 0 Å². The molecule has 0 spiro atoms. The second-order valence-electron chi connectivity index (χ2n) is 6.80. The Hall–Kier alpha value is -1.43. The lowest BCUT2D eigenvalue weighted by Gasteiger charge is -2.33. The molecule has 0 radical (unpaired) electrons. The van der Waals surface area contributed by atoms with Gasteiger partial charge in [-0.2, -0.15) is 4.98 Å². The van der Waals surface area contributed by atoms with Crippen molar-refractivity contribution in [2.75, 3.05) is 20.1 Å². The van der Waals surface area contributed by atoms with Gasteiger partial charge >= 0.3 is 0 Å². The maximum Gasteiger partial charge on any atom is 0.226 e. The van der Waals surface area contributed by atoms with Crippen LogP contribution in [0.25, 0.3) is 0 Å². The molecule has 1 aromatic rings. The van der Waals surface area contributed by atoms with Crippen molar-refractivity contribution in [3.63, 3.8) is 0 Å². The van der Waals surface area contributed by atoms with Gasteiger partial charge in [-0.25, -0.2) is 0 Å². The molecule has 6 nitrogen and oxygen atoms in total. The number of carbonyl (C=O) groups is 1. The summed E-state index contributed by atoms with van der Waals surface area (Å²) in [6.45, 7) is 4.10. The standard InChI is InChI=1S/C17H28N4O2/c1-3-15-18-16(23-19-15)9-4-10-17(22)21-12-6-8-14(21)13-7-5-11-20(13)2/h13-14H,3-12H2,1-2H3/t13-,14+/m0/s1. The van der Waals surface area contributed by atoms with Gasteiger partial charge in [0.1, 0.15) is 0 Å². The lowest BCUT2D eigenvalue weighted by molar-refractivity contribution is -0.133. The van der Waals surface area contributed by atoms with E-state index < -0.39 is 0 Å². The molecule has 0 aliphatic carbocycles. The van der Waals surface area contributed by atoms with Crippen LogP contribution in [0.5, 0.6) is 0 Å². The summed E-state index contributed by atoms with van der Waals surface area (Å²) in [4.78, 5) is 21.5. The Morgan fingerprint density at radius 3 is 2.74 bits per heavy atom. The van der Waals surface area contributed by atoms with E-state index >= 15 is 0 Å². The highest BCUT2D eigenvalue weighted by Crippen LogP contribution is 2.29. The van der Waals surface area contributed by atoms with Crippen LogP contribution in [0.15, 0.2) is 4.52 Å². The summed E-state index contributed by atoms with van der Waals surface area (Å²) in [5, 5.41) is 3.90. The first-order valence-corrected chi connectivity index (χ1v) is 9.00. The molecular weight excluding hydrogens is 292 g/mol. The largest absolute Gasteiger partial charge is 0.339 e. The molecule has 0 saturated carbocycles. The molecule has 2 aliphatic heterocycles. The van der Waals surface area contributed by atoms with Crippen molar-refractivity contribution in [2.24, 2.45) is 0 Å². The smallest absolute Gasteiger partial charge is 0.226 e. The van der Waals surface area contributed by atoms with Crippen molar-refractivity contribution in [3.8, 4) is 0 Å². The summed E-state index contributed by atoms with van der Waals surface area (Å²) in [6, 6.07) is 0.981. The molecule has 128 valence electrons. The number of likely N-dealkylation sites (N-methyl/N-ethyl adjacent to an activating group) is 1. The van der Waals surface area contributed by atoms with Gasteiger partial charge in [0.2, 0.25) is 11.8 Å². The summed E-state index contributed by atoms with van der Waals surface area (Å²) in [7, 11) is 2.19. The Morgan fingerprint density at radius 2 is 2.04 bits per heavy atom. The number of nitrogens with zero attached hydrogens (tertiary/aromatic N) is 4. The highest BCUT2D eigenvalue weighted by atomic mass is 16.5. The molecule has 3 rings (SSSR count). The van der Waals surface area contributed by atoms with Crippen LogP contribution in [-0.4, -0.2) is 58.1 Å². The second kappa shape index (κ2) is 7.43. The maximum atomic E-state index is 12.6. The van der Waals surface area contributed by atoms with E-state index in [-0.39, 0.29) is 0 Å². The molecule has 2 fully saturated rings. The Kier molecular flexibility index (Phi) is 5.30. The minimum absolute atomic E-state index is 0.294. The molecule has 0 aromatic carbocycles. The zero-order valence-corrected chi connectivity index (χ0v) is 14.3. The van der Waals surface area contributed by atoms with Gasteiger partial charge in [0, 0.05) is 37.9 Å². The van der Waals surface area contributed by atoms with Crippen LogP contribution in [0.1, 0.15) is 57.2 Å². The van der Waals surface area contributed by atoms with E-state index in [4.69, 9.17) is 4.52 Å². The van der Waals surface area contributed by atoms with Gasteiger partial charge in [0.25, 0.3) is 0 Å². The van der Waals surface area contributed by atoms with Gasteiger partial charge < -0.3 is 14.3 Å². The molecular formula is C17H28N4O2. The van der Waals surface area contributed by atoms with Crippen molar-refractivity contribution < 1.29 is 9.32 Å². The van der Waals surface area contributed by atoms with Gasteiger partial charge in [0.05, 0.1) is 0 Å². The third-order valence-electron chi connectivity index (χ3n) is 5.25. The monoisotopic (exact) mass is 320 g/mol. The SMILES string of the molecule is CCc1noc(CCCC(=O)N2CCC[C@@H]2[C@@H]2CCCN2C)n1. The van der Waals surface area contributed by atoms with Gasteiger partial charge in [-0.3, -0.25) is 4.79 Å². The molecule has 0 bridgehead atoms. The van der Waals surface area contributed by atoms with E-state index in [0.717, 1.165) is 38.1 Å². The highest BCUT2D eigenvalue weighted by Gasteiger charge is 2.37. The fourth-order valence-corrected chi connectivity index (χ4v) is 3.99. The molecule has 1 amide bonds. The van der Waals surface area contributed by atoms with Gasteiger partial charge in [-0.05, 0) is 45.7 Å².